The molecule has 0 saturated carbocycles. The fourth-order valence-electron chi connectivity index (χ4n) is 1.50. The van der Waals surface area contributed by atoms with Gasteiger partial charge in [0.05, 0.1) is 0 Å². The van der Waals surface area contributed by atoms with Crippen LogP contribution in [0.15, 0.2) is 23.4 Å². The van der Waals surface area contributed by atoms with Gasteiger partial charge in [0, 0.05) is 6.07 Å². The molecule has 0 aliphatic rings. The predicted molar refractivity (Wildman–Crippen MR) is 72.6 cm³/mol. The Morgan fingerprint density at radius 1 is 1.26 bits per heavy atom. The number of halogens is 2. The van der Waals surface area contributed by atoms with Gasteiger partial charge in [0.15, 0.2) is 11.0 Å². The fourth-order valence-corrected chi connectivity index (χ4v) is 1.88. The van der Waals surface area contributed by atoms with Gasteiger partial charge < -0.3 is 11.1 Å². The number of nitrogens with two attached hydrogens (primary N) is 1. The molecule has 1 aromatic heterocycles. The van der Waals surface area contributed by atoms with Gasteiger partial charge in [-0.05, 0) is 24.8 Å². The maximum absolute atomic E-state index is 13.8. The average Bonchev–Trinajstić information content (AvgIpc) is 2.38. The fraction of sp³-hybridized carbons (Fsp3) is 0.167. The SMILES string of the molecule is CSc1nc(N)cc(Nc2c(F)ccc(C)c2F)n1. The quantitative estimate of drug-likeness (QED) is 0.669. The Morgan fingerprint density at radius 3 is 2.68 bits per heavy atom. The van der Waals surface area contributed by atoms with Crippen LogP contribution in [0.2, 0.25) is 0 Å². The Labute approximate surface area is 113 Å². The van der Waals surface area contributed by atoms with E-state index in [9.17, 15) is 8.78 Å². The summed E-state index contributed by atoms with van der Waals surface area (Å²) in [6, 6.07) is 3.99. The molecule has 0 saturated heterocycles. The molecule has 100 valence electrons. The summed E-state index contributed by atoms with van der Waals surface area (Å²) in [7, 11) is 0. The summed E-state index contributed by atoms with van der Waals surface area (Å²) >= 11 is 1.29. The third-order valence-corrected chi connectivity index (χ3v) is 2.99. The number of aromatic nitrogens is 2. The predicted octanol–water partition coefficient (Wildman–Crippen LogP) is 3.11. The lowest BCUT2D eigenvalue weighted by Crippen LogP contribution is -2.03. The number of nitrogens with zero attached hydrogens (tertiary/aromatic N) is 2. The molecule has 19 heavy (non-hydrogen) atoms. The van der Waals surface area contributed by atoms with Crippen molar-refractivity contribution < 1.29 is 8.78 Å². The lowest BCUT2D eigenvalue weighted by atomic mass is 10.2. The Bertz CT molecular complexity index is 619. The highest BCUT2D eigenvalue weighted by molar-refractivity contribution is 7.98. The maximum Gasteiger partial charge on any atom is 0.191 e. The molecule has 2 aromatic rings. The van der Waals surface area contributed by atoms with Crippen LogP contribution in [-0.2, 0) is 0 Å². The first-order chi connectivity index (χ1) is 9.01. The van der Waals surface area contributed by atoms with Crippen LogP contribution in [-0.4, -0.2) is 16.2 Å². The van der Waals surface area contributed by atoms with E-state index in [0.717, 1.165) is 0 Å². The van der Waals surface area contributed by atoms with Crippen LogP contribution in [0.5, 0.6) is 0 Å². The number of nitrogens with one attached hydrogen (secondary N) is 1. The second-order valence-electron chi connectivity index (χ2n) is 3.84. The number of benzene rings is 1. The van der Waals surface area contributed by atoms with E-state index in [-0.39, 0.29) is 17.3 Å². The van der Waals surface area contributed by atoms with Gasteiger partial charge in [0.1, 0.15) is 23.1 Å². The monoisotopic (exact) mass is 282 g/mol. The Balaban J connectivity index is 2.41. The van der Waals surface area contributed by atoms with Gasteiger partial charge in [-0.3, -0.25) is 0 Å². The van der Waals surface area contributed by atoms with Crippen molar-refractivity contribution in [3.05, 3.63) is 35.4 Å². The first-order valence-electron chi connectivity index (χ1n) is 5.41. The minimum atomic E-state index is -0.689. The largest absolute Gasteiger partial charge is 0.383 e. The molecule has 0 bridgehead atoms. The molecule has 0 radical (unpaired) electrons. The Morgan fingerprint density at radius 2 is 2.00 bits per heavy atom. The van der Waals surface area contributed by atoms with Crippen molar-refractivity contribution in [3.8, 4) is 0 Å². The van der Waals surface area contributed by atoms with E-state index in [1.165, 1.54) is 30.0 Å². The summed E-state index contributed by atoms with van der Waals surface area (Å²) in [6.07, 6.45) is 1.78. The van der Waals surface area contributed by atoms with E-state index in [2.05, 4.69) is 15.3 Å². The van der Waals surface area contributed by atoms with E-state index in [1.807, 2.05) is 0 Å². The maximum atomic E-state index is 13.8. The van der Waals surface area contributed by atoms with Crippen molar-refractivity contribution in [1.29, 1.82) is 0 Å². The number of rotatable bonds is 3. The summed E-state index contributed by atoms with van der Waals surface area (Å²) in [5.74, 6) is -0.857. The van der Waals surface area contributed by atoms with Crippen LogP contribution >= 0.6 is 11.8 Å². The van der Waals surface area contributed by atoms with Crippen molar-refractivity contribution in [2.24, 2.45) is 0 Å². The number of aryl methyl sites for hydroxylation is 1. The van der Waals surface area contributed by atoms with Gasteiger partial charge in [-0.2, -0.15) is 0 Å². The second kappa shape index (κ2) is 5.40. The molecule has 0 aliphatic heterocycles. The van der Waals surface area contributed by atoms with E-state index in [4.69, 9.17) is 5.73 Å². The minimum Gasteiger partial charge on any atom is -0.383 e. The normalized spacial score (nSPS) is 10.5. The van der Waals surface area contributed by atoms with E-state index >= 15 is 0 Å². The van der Waals surface area contributed by atoms with E-state index in [1.54, 1.807) is 13.2 Å². The van der Waals surface area contributed by atoms with Crippen LogP contribution in [0.3, 0.4) is 0 Å². The molecule has 0 amide bonds. The molecule has 2 rings (SSSR count). The zero-order chi connectivity index (χ0) is 14.0. The molecular weight excluding hydrogens is 270 g/mol. The van der Waals surface area contributed by atoms with Crippen LogP contribution in [0.25, 0.3) is 0 Å². The van der Waals surface area contributed by atoms with E-state index < -0.39 is 11.6 Å². The summed E-state index contributed by atoms with van der Waals surface area (Å²) in [5.41, 5.74) is 5.70. The zero-order valence-corrected chi connectivity index (χ0v) is 11.2. The van der Waals surface area contributed by atoms with Crippen molar-refractivity contribution >= 4 is 29.1 Å². The van der Waals surface area contributed by atoms with Crippen LogP contribution < -0.4 is 11.1 Å². The number of thioether (sulfide) groups is 1. The van der Waals surface area contributed by atoms with Crippen molar-refractivity contribution in [2.75, 3.05) is 17.3 Å². The third-order valence-electron chi connectivity index (χ3n) is 2.45. The standard InChI is InChI=1S/C12H12F2N4S/c1-6-3-4-7(13)11(10(6)14)17-9-5-8(15)16-12(18-9)19-2/h3-5H,1-2H3,(H3,15,16,17,18). The summed E-state index contributed by atoms with van der Waals surface area (Å²) < 4.78 is 27.5. The summed E-state index contributed by atoms with van der Waals surface area (Å²) in [6.45, 7) is 1.56. The molecule has 0 fully saturated rings. The summed E-state index contributed by atoms with van der Waals surface area (Å²) in [5, 5.41) is 3.03. The molecule has 7 heteroatoms. The molecule has 0 atom stereocenters. The first-order valence-corrected chi connectivity index (χ1v) is 6.64. The van der Waals surface area contributed by atoms with E-state index in [0.29, 0.717) is 10.7 Å². The van der Waals surface area contributed by atoms with Crippen molar-refractivity contribution in [3.63, 3.8) is 0 Å². The molecule has 0 spiro atoms. The highest BCUT2D eigenvalue weighted by atomic mass is 32.2. The third kappa shape index (κ3) is 2.93. The highest BCUT2D eigenvalue weighted by Crippen LogP contribution is 2.26. The molecule has 0 aliphatic carbocycles. The van der Waals surface area contributed by atoms with Crippen molar-refractivity contribution in [2.45, 2.75) is 12.1 Å². The molecule has 4 nitrogen and oxygen atoms in total. The van der Waals surface area contributed by atoms with Gasteiger partial charge in [0.25, 0.3) is 0 Å². The Hall–Kier alpha value is -1.89. The van der Waals surface area contributed by atoms with Gasteiger partial charge >= 0.3 is 0 Å². The van der Waals surface area contributed by atoms with Crippen LogP contribution in [0, 0.1) is 18.6 Å². The molecule has 1 aromatic carbocycles. The lowest BCUT2D eigenvalue weighted by Gasteiger charge is -2.10. The number of hydrogen-bond acceptors (Lipinski definition) is 5. The van der Waals surface area contributed by atoms with Crippen molar-refractivity contribution in [1.82, 2.24) is 9.97 Å². The Kier molecular flexibility index (Phi) is 3.84. The highest BCUT2D eigenvalue weighted by Gasteiger charge is 2.13. The molecule has 0 unspecified atom stereocenters. The molecular formula is C12H12F2N4S. The smallest absolute Gasteiger partial charge is 0.191 e. The van der Waals surface area contributed by atoms with Crippen LogP contribution in [0.1, 0.15) is 5.56 Å². The molecule has 1 heterocycles. The number of anilines is 3. The minimum absolute atomic E-state index is 0.232. The van der Waals surface area contributed by atoms with Gasteiger partial charge in [-0.1, -0.05) is 17.8 Å². The molecule has 3 N–H and O–H groups in total. The topological polar surface area (TPSA) is 63.8 Å². The number of hydrogen-bond donors (Lipinski definition) is 2. The lowest BCUT2D eigenvalue weighted by molar-refractivity contribution is 0.584. The summed E-state index contributed by atoms with van der Waals surface area (Å²) in [4.78, 5) is 8.05. The zero-order valence-electron chi connectivity index (χ0n) is 10.4. The van der Waals surface area contributed by atoms with Gasteiger partial charge in [0.2, 0.25) is 0 Å². The average molecular weight is 282 g/mol. The second-order valence-corrected chi connectivity index (χ2v) is 4.62. The van der Waals surface area contributed by atoms with Crippen LogP contribution in [0.4, 0.5) is 26.1 Å². The van der Waals surface area contributed by atoms with Gasteiger partial charge in [-0.15, -0.1) is 0 Å². The first kappa shape index (κ1) is 13.5. The van der Waals surface area contributed by atoms with Gasteiger partial charge in [-0.25, -0.2) is 18.7 Å². The number of nitrogen functional groups attached to an aromatic ring is 1.